The molecule has 136 valence electrons. The van der Waals surface area contributed by atoms with E-state index >= 15 is 0 Å². The molecule has 1 heterocycles. The van der Waals surface area contributed by atoms with E-state index < -0.39 is 0 Å². The Kier molecular flexibility index (Phi) is 5.10. The molecule has 7 nitrogen and oxygen atoms in total. The number of nitrogens with one attached hydrogen (secondary N) is 1. The van der Waals surface area contributed by atoms with Crippen LogP contribution in [-0.2, 0) is 0 Å². The van der Waals surface area contributed by atoms with E-state index in [0.29, 0.717) is 22.0 Å². The molecule has 3 aromatic rings. The number of nitrogen functional groups attached to an aromatic ring is 1. The third-order valence-electron chi connectivity index (χ3n) is 4.06. The van der Waals surface area contributed by atoms with Crippen LogP contribution in [0.4, 0.5) is 17.6 Å². The second kappa shape index (κ2) is 7.48. The van der Waals surface area contributed by atoms with Crippen LogP contribution in [0.15, 0.2) is 30.3 Å². The van der Waals surface area contributed by atoms with Crippen molar-refractivity contribution in [3.63, 3.8) is 0 Å². The van der Waals surface area contributed by atoms with Gasteiger partial charge in [-0.15, -0.1) is 0 Å². The average Bonchev–Trinajstić information content (AvgIpc) is 2.64. The minimum Gasteiger partial charge on any atom is -0.424 e. The average molecular weight is 381 g/mol. The zero-order valence-electron chi connectivity index (χ0n) is 15.0. The van der Waals surface area contributed by atoms with Gasteiger partial charge in [-0.3, -0.25) is 0 Å². The van der Waals surface area contributed by atoms with E-state index in [0.717, 1.165) is 16.7 Å². The molecule has 0 bridgehead atoms. The summed E-state index contributed by atoms with van der Waals surface area (Å²) in [7, 11) is 0. The van der Waals surface area contributed by atoms with Crippen LogP contribution in [-0.4, -0.2) is 15.0 Å². The number of anilines is 3. The number of aromatic nitrogens is 3. The van der Waals surface area contributed by atoms with Crippen molar-refractivity contribution in [3.05, 3.63) is 57.6 Å². The summed E-state index contributed by atoms with van der Waals surface area (Å²) < 4.78 is 5.89. The molecule has 0 unspecified atom stereocenters. The van der Waals surface area contributed by atoms with Gasteiger partial charge in [0, 0.05) is 10.7 Å². The van der Waals surface area contributed by atoms with Gasteiger partial charge >= 0.3 is 6.01 Å². The first-order chi connectivity index (χ1) is 12.9. The van der Waals surface area contributed by atoms with Crippen molar-refractivity contribution in [2.75, 3.05) is 11.1 Å². The summed E-state index contributed by atoms with van der Waals surface area (Å²) in [5.74, 6) is 0.896. The largest absolute Gasteiger partial charge is 0.424 e. The van der Waals surface area contributed by atoms with Gasteiger partial charge in [0.2, 0.25) is 11.9 Å². The summed E-state index contributed by atoms with van der Waals surface area (Å²) >= 11 is 6.21. The molecule has 0 fully saturated rings. The number of benzene rings is 2. The first kappa shape index (κ1) is 18.4. The van der Waals surface area contributed by atoms with Gasteiger partial charge in [0.1, 0.15) is 5.75 Å². The highest BCUT2D eigenvalue weighted by Gasteiger charge is 2.14. The maximum atomic E-state index is 8.87. The molecule has 0 amide bonds. The van der Waals surface area contributed by atoms with Crippen LogP contribution < -0.4 is 15.8 Å². The summed E-state index contributed by atoms with van der Waals surface area (Å²) in [5, 5.41) is 12.6. The number of rotatable bonds is 4. The molecule has 0 saturated heterocycles. The molecule has 0 aliphatic carbocycles. The van der Waals surface area contributed by atoms with Crippen LogP contribution in [0, 0.1) is 32.1 Å². The van der Waals surface area contributed by atoms with Gasteiger partial charge in [-0.2, -0.15) is 20.2 Å². The molecule has 3 N–H and O–H groups in total. The first-order valence-electron chi connectivity index (χ1n) is 8.10. The lowest BCUT2D eigenvalue weighted by Gasteiger charge is -2.14. The van der Waals surface area contributed by atoms with Gasteiger partial charge in [0.15, 0.2) is 0 Å². The lowest BCUT2D eigenvalue weighted by Crippen LogP contribution is -2.06. The number of hydrogen-bond acceptors (Lipinski definition) is 7. The van der Waals surface area contributed by atoms with Crippen molar-refractivity contribution < 1.29 is 4.74 Å². The molecule has 0 saturated carbocycles. The second-order valence-corrected chi connectivity index (χ2v) is 6.38. The third kappa shape index (κ3) is 4.07. The highest BCUT2D eigenvalue weighted by molar-refractivity contribution is 6.31. The zero-order valence-corrected chi connectivity index (χ0v) is 15.8. The fourth-order valence-electron chi connectivity index (χ4n) is 2.49. The van der Waals surface area contributed by atoms with Crippen molar-refractivity contribution in [2.24, 2.45) is 0 Å². The number of halogens is 1. The zero-order chi connectivity index (χ0) is 19.6. The molecule has 0 atom stereocenters. The quantitative estimate of drug-likeness (QED) is 0.688. The van der Waals surface area contributed by atoms with E-state index in [-0.39, 0.29) is 17.9 Å². The fraction of sp³-hybridized carbons (Fsp3) is 0.158. The van der Waals surface area contributed by atoms with Crippen molar-refractivity contribution in [1.29, 1.82) is 5.26 Å². The van der Waals surface area contributed by atoms with Crippen molar-refractivity contribution in [2.45, 2.75) is 20.8 Å². The number of nitrogens with zero attached hydrogens (tertiary/aromatic N) is 4. The van der Waals surface area contributed by atoms with Crippen molar-refractivity contribution in [3.8, 4) is 17.8 Å². The van der Waals surface area contributed by atoms with Crippen LogP contribution in [0.5, 0.6) is 11.8 Å². The summed E-state index contributed by atoms with van der Waals surface area (Å²) in [5.41, 5.74) is 9.76. The molecule has 0 aliphatic rings. The van der Waals surface area contributed by atoms with E-state index in [9.17, 15) is 0 Å². The summed E-state index contributed by atoms with van der Waals surface area (Å²) in [6.07, 6.45) is 0. The highest BCUT2D eigenvalue weighted by atomic mass is 35.5. The van der Waals surface area contributed by atoms with E-state index in [2.05, 4.69) is 26.3 Å². The Morgan fingerprint density at radius 2 is 1.78 bits per heavy atom. The maximum absolute atomic E-state index is 8.87. The molecule has 0 radical (unpaired) electrons. The second-order valence-electron chi connectivity index (χ2n) is 5.97. The number of hydrogen-bond donors (Lipinski definition) is 2. The topological polar surface area (TPSA) is 110 Å². The van der Waals surface area contributed by atoms with Crippen molar-refractivity contribution in [1.82, 2.24) is 15.0 Å². The Labute approximate surface area is 161 Å². The summed E-state index contributed by atoms with van der Waals surface area (Å²) in [6.45, 7) is 5.74. The van der Waals surface area contributed by atoms with Gasteiger partial charge in [-0.1, -0.05) is 11.6 Å². The lowest BCUT2D eigenvalue weighted by atomic mass is 10.1. The predicted octanol–water partition coefficient (Wildman–Crippen LogP) is 4.44. The maximum Gasteiger partial charge on any atom is 0.328 e. The van der Waals surface area contributed by atoms with Gasteiger partial charge in [0.25, 0.3) is 0 Å². The standard InChI is InChI=1S/C19H17ClN6O/c1-10-8-15(20)11(2)12(3)16(10)27-19-25-17(22)24-18(26-19)23-14-6-4-13(9-21)5-7-14/h4-8H,1-3H3,(H3,22,23,24,25,26). The van der Waals surface area contributed by atoms with Crippen LogP contribution >= 0.6 is 11.6 Å². The van der Waals surface area contributed by atoms with Crippen LogP contribution in [0.25, 0.3) is 0 Å². The molecule has 1 aromatic heterocycles. The lowest BCUT2D eigenvalue weighted by molar-refractivity contribution is 0.435. The Bertz CT molecular complexity index is 1040. The van der Waals surface area contributed by atoms with Crippen LogP contribution in [0.2, 0.25) is 5.02 Å². The molecule has 8 heteroatoms. The number of ether oxygens (including phenoxy) is 1. The fourth-order valence-corrected chi connectivity index (χ4v) is 2.79. The van der Waals surface area contributed by atoms with E-state index in [4.69, 9.17) is 27.3 Å². The minimum atomic E-state index is 0.0251. The van der Waals surface area contributed by atoms with E-state index in [1.807, 2.05) is 26.8 Å². The molecule has 27 heavy (non-hydrogen) atoms. The normalized spacial score (nSPS) is 10.3. The van der Waals surface area contributed by atoms with E-state index in [1.54, 1.807) is 24.3 Å². The molecular weight excluding hydrogens is 364 g/mol. The molecule has 0 aliphatic heterocycles. The number of aryl methyl sites for hydroxylation is 1. The Hall–Kier alpha value is -3.37. The molecule has 2 aromatic carbocycles. The highest BCUT2D eigenvalue weighted by Crippen LogP contribution is 2.33. The molecular formula is C19H17ClN6O. The van der Waals surface area contributed by atoms with Crippen LogP contribution in [0.1, 0.15) is 22.3 Å². The molecule has 0 spiro atoms. The smallest absolute Gasteiger partial charge is 0.328 e. The van der Waals surface area contributed by atoms with Crippen molar-refractivity contribution >= 4 is 29.2 Å². The molecule has 3 rings (SSSR count). The summed E-state index contributed by atoms with van der Waals surface area (Å²) in [6, 6.07) is 10.8. The Morgan fingerprint density at radius 1 is 1.07 bits per heavy atom. The monoisotopic (exact) mass is 380 g/mol. The third-order valence-corrected chi connectivity index (χ3v) is 4.45. The van der Waals surface area contributed by atoms with Gasteiger partial charge < -0.3 is 15.8 Å². The number of nitriles is 1. The van der Waals surface area contributed by atoms with Gasteiger partial charge in [0.05, 0.1) is 11.6 Å². The minimum absolute atomic E-state index is 0.0251. The van der Waals surface area contributed by atoms with Gasteiger partial charge in [-0.25, -0.2) is 0 Å². The van der Waals surface area contributed by atoms with Crippen LogP contribution in [0.3, 0.4) is 0 Å². The first-order valence-corrected chi connectivity index (χ1v) is 8.48. The summed E-state index contributed by atoms with van der Waals surface area (Å²) in [4.78, 5) is 12.4. The Morgan fingerprint density at radius 3 is 2.44 bits per heavy atom. The number of nitrogens with two attached hydrogens (primary N) is 1. The SMILES string of the molecule is Cc1cc(Cl)c(C)c(C)c1Oc1nc(N)nc(Nc2ccc(C#N)cc2)n1. The predicted molar refractivity (Wildman–Crippen MR) is 104 cm³/mol. The van der Waals surface area contributed by atoms with Gasteiger partial charge in [-0.05, 0) is 67.8 Å². The Balaban J connectivity index is 1.90. The van der Waals surface area contributed by atoms with E-state index in [1.165, 1.54) is 0 Å².